The summed E-state index contributed by atoms with van der Waals surface area (Å²) in [7, 11) is 0. The molecule has 0 aromatic heterocycles. The Kier molecular flexibility index (Phi) is 2.37. The Morgan fingerprint density at radius 2 is 1.69 bits per heavy atom. The van der Waals surface area contributed by atoms with Crippen molar-refractivity contribution in [2.45, 2.75) is 45.7 Å². The summed E-state index contributed by atoms with van der Waals surface area (Å²) in [5.41, 5.74) is 0.429. The predicted molar refractivity (Wildman–Crippen MR) is 53.8 cm³/mol. The highest BCUT2D eigenvalue weighted by Crippen LogP contribution is 2.31. The van der Waals surface area contributed by atoms with Crippen LogP contribution < -0.4 is 0 Å². The lowest BCUT2D eigenvalue weighted by Gasteiger charge is -2.38. The van der Waals surface area contributed by atoms with E-state index in [0.717, 1.165) is 25.3 Å². The van der Waals surface area contributed by atoms with Gasteiger partial charge in [0, 0.05) is 18.6 Å². The maximum Gasteiger partial charge on any atom is 0.0622 e. The van der Waals surface area contributed by atoms with E-state index in [1.54, 1.807) is 0 Å². The molecule has 0 radical (unpaired) electrons. The lowest BCUT2D eigenvalue weighted by Crippen LogP contribution is -2.48. The predicted octanol–water partition coefficient (Wildman–Crippen LogP) is 1.90. The Hall–Kier alpha value is -0.0800. The molecular weight excluding hydrogens is 162 g/mol. The van der Waals surface area contributed by atoms with E-state index in [0.29, 0.717) is 5.41 Å². The highest BCUT2D eigenvalue weighted by molar-refractivity contribution is 4.92. The monoisotopic (exact) mass is 183 g/mol. The molecule has 0 aliphatic carbocycles. The first-order valence-corrected chi connectivity index (χ1v) is 5.40. The minimum atomic E-state index is 0.429. The summed E-state index contributed by atoms with van der Waals surface area (Å²) in [6.07, 6.45) is 2.70. The summed E-state index contributed by atoms with van der Waals surface area (Å²) in [6, 6.07) is 1.44. The minimum absolute atomic E-state index is 0.429. The van der Waals surface area contributed by atoms with Crippen LogP contribution in [0.4, 0.5) is 0 Å². The van der Waals surface area contributed by atoms with Crippen molar-refractivity contribution >= 4 is 0 Å². The summed E-state index contributed by atoms with van der Waals surface area (Å²) in [5.74, 6) is 0. The lowest BCUT2D eigenvalue weighted by molar-refractivity contribution is -0.0277. The third-order valence-corrected chi connectivity index (χ3v) is 3.05. The number of hydrogen-bond donors (Lipinski definition) is 0. The van der Waals surface area contributed by atoms with Gasteiger partial charge in [-0.2, -0.15) is 0 Å². The summed E-state index contributed by atoms with van der Waals surface area (Å²) < 4.78 is 5.56. The molecule has 0 aromatic carbocycles. The van der Waals surface area contributed by atoms with Crippen molar-refractivity contribution in [3.8, 4) is 0 Å². The Morgan fingerprint density at radius 3 is 2.15 bits per heavy atom. The number of fused-ring (bicyclic) bond motifs is 2. The summed E-state index contributed by atoms with van der Waals surface area (Å²) in [6.45, 7) is 10.1. The topological polar surface area (TPSA) is 12.5 Å². The molecule has 0 spiro atoms. The van der Waals surface area contributed by atoms with Crippen molar-refractivity contribution in [1.82, 2.24) is 4.90 Å². The van der Waals surface area contributed by atoms with Gasteiger partial charge in [-0.25, -0.2) is 0 Å². The zero-order chi connectivity index (χ0) is 9.47. The largest absolute Gasteiger partial charge is 0.378 e. The maximum absolute atomic E-state index is 5.56. The molecule has 2 aliphatic rings. The number of rotatable bonds is 1. The zero-order valence-electron chi connectivity index (χ0n) is 9.05. The van der Waals surface area contributed by atoms with Crippen LogP contribution in [0, 0.1) is 5.41 Å². The van der Waals surface area contributed by atoms with Crippen molar-refractivity contribution in [1.29, 1.82) is 0 Å². The van der Waals surface area contributed by atoms with Gasteiger partial charge >= 0.3 is 0 Å². The van der Waals surface area contributed by atoms with E-state index in [1.165, 1.54) is 19.4 Å². The molecule has 2 atom stereocenters. The van der Waals surface area contributed by atoms with Crippen molar-refractivity contribution in [2.24, 2.45) is 5.41 Å². The minimum Gasteiger partial charge on any atom is -0.378 e. The van der Waals surface area contributed by atoms with Crippen LogP contribution in [0.15, 0.2) is 0 Å². The fourth-order valence-corrected chi connectivity index (χ4v) is 2.52. The average molecular weight is 183 g/mol. The van der Waals surface area contributed by atoms with E-state index in [9.17, 15) is 0 Å². The molecule has 2 heteroatoms. The van der Waals surface area contributed by atoms with Gasteiger partial charge < -0.3 is 4.74 Å². The Morgan fingerprint density at radius 1 is 1.15 bits per heavy atom. The molecule has 2 rings (SSSR count). The molecule has 0 amide bonds. The van der Waals surface area contributed by atoms with E-state index >= 15 is 0 Å². The van der Waals surface area contributed by atoms with Crippen LogP contribution in [0.5, 0.6) is 0 Å². The smallest absolute Gasteiger partial charge is 0.0622 e. The van der Waals surface area contributed by atoms with Crippen LogP contribution in [-0.2, 0) is 4.74 Å². The van der Waals surface area contributed by atoms with Crippen LogP contribution in [0.25, 0.3) is 0 Å². The normalized spacial score (nSPS) is 35.3. The van der Waals surface area contributed by atoms with E-state index in [2.05, 4.69) is 25.7 Å². The van der Waals surface area contributed by atoms with Gasteiger partial charge in [0.15, 0.2) is 0 Å². The first-order chi connectivity index (χ1) is 6.06. The Bertz CT molecular complexity index is 169. The first kappa shape index (κ1) is 9.47. The number of nitrogens with zero attached hydrogens (tertiary/aromatic N) is 1. The molecule has 0 N–H and O–H groups in total. The second kappa shape index (κ2) is 3.25. The highest BCUT2D eigenvalue weighted by atomic mass is 16.5. The molecule has 0 aromatic rings. The van der Waals surface area contributed by atoms with Gasteiger partial charge in [0.2, 0.25) is 0 Å². The molecule has 13 heavy (non-hydrogen) atoms. The standard InChI is InChI=1S/C11H21NO/c1-11(2,3)8-12-9-4-5-10(12)7-13-6-9/h9-10H,4-8H2,1-3H3. The summed E-state index contributed by atoms with van der Waals surface area (Å²) >= 11 is 0. The number of morpholine rings is 1. The van der Waals surface area contributed by atoms with E-state index in [-0.39, 0.29) is 0 Å². The third kappa shape index (κ3) is 2.05. The van der Waals surface area contributed by atoms with Crippen molar-refractivity contribution in [2.75, 3.05) is 19.8 Å². The quantitative estimate of drug-likeness (QED) is 0.615. The second-order valence-corrected chi connectivity index (χ2v) is 5.66. The lowest BCUT2D eigenvalue weighted by atomic mass is 9.95. The van der Waals surface area contributed by atoms with Gasteiger partial charge in [0.1, 0.15) is 0 Å². The molecule has 2 unspecified atom stereocenters. The zero-order valence-corrected chi connectivity index (χ0v) is 9.05. The Labute approximate surface area is 81.3 Å². The number of ether oxygens (including phenoxy) is 1. The van der Waals surface area contributed by atoms with Crippen LogP contribution in [0.3, 0.4) is 0 Å². The number of hydrogen-bond acceptors (Lipinski definition) is 2. The molecule has 2 heterocycles. The van der Waals surface area contributed by atoms with Crippen LogP contribution in [0.1, 0.15) is 33.6 Å². The molecular formula is C11H21NO. The summed E-state index contributed by atoms with van der Waals surface area (Å²) in [5, 5.41) is 0. The first-order valence-electron chi connectivity index (χ1n) is 5.40. The van der Waals surface area contributed by atoms with Gasteiger partial charge in [-0.15, -0.1) is 0 Å². The van der Waals surface area contributed by atoms with Gasteiger partial charge in [0.05, 0.1) is 13.2 Å². The SMILES string of the molecule is CC(C)(C)CN1C2CCC1COC2. The van der Waals surface area contributed by atoms with E-state index in [1.807, 2.05) is 0 Å². The van der Waals surface area contributed by atoms with Crippen molar-refractivity contribution in [3.05, 3.63) is 0 Å². The van der Waals surface area contributed by atoms with Crippen LogP contribution in [0.2, 0.25) is 0 Å². The summed E-state index contributed by atoms with van der Waals surface area (Å²) in [4.78, 5) is 2.67. The molecule has 2 fully saturated rings. The molecule has 2 bridgehead atoms. The second-order valence-electron chi connectivity index (χ2n) is 5.66. The maximum atomic E-state index is 5.56. The van der Waals surface area contributed by atoms with E-state index in [4.69, 9.17) is 4.74 Å². The van der Waals surface area contributed by atoms with Gasteiger partial charge in [-0.1, -0.05) is 20.8 Å². The Balaban J connectivity index is 1.99. The van der Waals surface area contributed by atoms with Gasteiger partial charge in [-0.3, -0.25) is 4.90 Å². The fourth-order valence-electron chi connectivity index (χ4n) is 2.52. The molecule has 2 nitrogen and oxygen atoms in total. The van der Waals surface area contributed by atoms with Crippen LogP contribution >= 0.6 is 0 Å². The molecule has 76 valence electrons. The molecule has 2 saturated heterocycles. The highest BCUT2D eigenvalue weighted by Gasteiger charge is 2.38. The van der Waals surface area contributed by atoms with Crippen molar-refractivity contribution < 1.29 is 4.74 Å². The molecule has 0 saturated carbocycles. The van der Waals surface area contributed by atoms with Gasteiger partial charge in [-0.05, 0) is 18.3 Å². The van der Waals surface area contributed by atoms with Crippen LogP contribution in [-0.4, -0.2) is 36.7 Å². The molecule has 2 aliphatic heterocycles. The third-order valence-electron chi connectivity index (χ3n) is 3.05. The average Bonchev–Trinajstić information content (AvgIpc) is 2.29. The van der Waals surface area contributed by atoms with Crippen molar-refractivity contribution in [3.63, 3.8) is 0 Å². The fraction of sp³-hybridized carbons (Fsp3) is 1.00. The van der Waals surface area contributed by atoms with E-state index < -0.39 is 0 Å². The van der Waals surface area contributed by atoms with Gasteiger partial charge in [0.25, 0.3) is 0 Å².